The van der Waals surface area contributed by atoms with Crippen LogP contribution in [0.25, 0.3) is 0 Å². The number of rotatable bonds is 0. The lowest BCUT2D eigenvalue weighted by molar-refractivity contribution is -0.150. The van der Waals surface area contributed by atoms with Gasteiger partial charge in [-0.15, -0.1) is 17.0 Å². The van der Waals surface area contributed by atoms with Gasteiger partial charge in [0.05, 0.1) is 0 Å². The third-order valence-corrected chi connectivity index (χ3v) is 0.557. The first kappa shape index (κ1) is 7.36. The molecule has 1 aliphatic rings. The Bertz CT molecular complexity index is 133. The summed E-state index contributed by atoms with van der Waals surface area (Å²) < 4.78 is 3.97. The van der Waals surface area contributed by atoms with Crippen molar-refractivity contribution in [2.75, 3.05) is 0 Å². The first-order valence-electron chi connectivity index (χ1n) is 1.73. The molecule has 0 aromatic carbocycles. The molecule has 1 aliphatic heterocycles. The van der Waals surface area contributed by atoms with Gasteiger partial charge in [0.2, 0.25) is 0 Å². The van der Waals surface area contributed by atoms with Crippen LogP contribution in [0.1, 0.15) is 0 Å². The minimum absolute atomic E-state index is 0. The molecule has 0 bridgehead atoms. The van der Waals surface area contributed by atoms with Crippen LogP contribution >= 0.6 is 17.0 Å². The van der Waals surface area contributed by atoms with Crippen molar-refractivity contribution in [3.63, 3.8) is 0 Å². The number of hydrogen-bond donors (Lipinski definition) is 0. The number of carbonyl (C=O) groups is 2. The second-order valence-corrected chi connectivity index (χ2v) is 1.07. The van der Waals surface area contributed by atoms with E-state index in [1.807, 2.05) is 0 Å². The fraction of sp³-hybridized carbons (Fsp3) is 0. The minimum Gasteiger partial charge on any atom is -0.387 e. The lowest BCUT2D eigenvalue weighted by Gasteiger charge is -1.80. The van der Waals surface area contributed by atoms with E-state index in [1.54, 1.807) is 0 Å². The van der Waals surface area contributed by atoms with Gasteiger partial charge < -0.3 is 4.74 Å². The highest BCUT2D eigenvalue weighted by Gasteiger charge is 2.10. The molecule has 0 saturated heterocycles. The highest BCUT2D eigenvalue weighted by Crippen LogP contribution is 1.92. The zero-order valence-corrected chi connectivity index (χ0v) is 5.50. The van der Waals surface area contributed by atoms with E-state index < -0.39 is 11.9 Å². The van der Waals surface area contributed by atoms with Crippen molar-refractivity contribution in [2.24, 2.45) is 0 Å². The number of halogens is 1. The van der Waals surface area contributed by atoms with Crippen molar-refractivity contribution >= 4 is 28.9 Å². The molecule has 1 rings (SSSR count). The van der Waals surface area contributed by atoms with E-state index in [2.05, 4.69) is 4.74 Å². The van der Waals surface area contributed by atoms with Gasteiger partial charge in [-0.2, -0.15) is 0 Å². The summed E-state index contributed by atoms with van der Waals surface area (Å²) in [6.07, 6.45) is 2.17. The van der Waals surface area contributed by atoms with Crippen LogP contribution in [0.3, 0.4) is 0 Å². The molecule has 3 nitrogen and oxygen atoms in total. The summed E-state index contributed by atoms with van der Waals surface area (Å²) in [4.78, 5) is 19.8. The normalized spacial score (nSPS) is 15.5. The summed E-state index contributed by atoms with van der Waals surface area (Å²) in [7, 11) is 0. The molecule has 0 aromatic heterocycles. The average molecular weight is 179 g/mol. The van der Waals surface area contributed by atoms with Gasteiger partial charge >= 0.3 is 11.9 Å². The van der Waals surface area contributed by atoms with Crippen molar-refractivity contribution in [2.45, 2.75) is 0 Å². The predicted molar refractivity (Wildman–Crippen MR) is 30.6 cm³/mol. The second-order valence-electron chi connectivity index (χ2n) is 1.07. The van der Waals surface area contributed by atoms with Crippen LogP contribution in [0.15, 0.2) is 12.2 Å². The number of ether oxygens (including phenoxy) is 1. The van der Waals surface area contributed by atoms with E-state index in [-0.39, 0.29) is 17.0 Å². The topological polar surface area (TPSA) is 43.4 Å². The summed E-state index contributed by atoms with van der Waals surface area (Å²) in [6, 6.07) is 0. The number of carbonyl (C=O) groups excluding carboxylic acids is 2. The van der Waals surface area contributed by atoms with Crippen LogP contribution in [-0.4, -0.2) is 11.9 Å². The molecule has 0 N–H and O–H groups in total. The Morgan fingerprint density at radius 1 is 1.12 bits per heavy atom. The standard InChI is InChI=1S/C4H2O3.BrH/c5-3-1-2-4(6)7-3;/h1-2H;1H. The Morgan fingerprint density at radius 3 is 1.62 bits per heavy atom. The van der Waals surface area contributed by atoms with Gasteiger partial charge in [-0.05, 0) is 0 Å². The smallest absolute Gasteiger partial charge is 0.338 e. The fourth-order valence-electron chi connectivity index (χ4n) is 0.303. The highest BCUT2D eigenvalue weighted by molar-refractivity contribution is 8.93. The molecule has 0 spiro atoms. The molecule has 8 heavy (non-hydrogen) atoms. The number of esters is 2. The van der Waals surface area contributed by atoms with Gasteiger partial charge in [-0.25, -0.2) is 9.59 Å². The minimum atomic E-state index is -0.579. The highest BCUT2D eigenvalue weighted by atomic mass is 79.9. The Kier molecular flexibility index (Phi) is 2.41. The zero-order valence-electron chi connectivity index (χ0n) is 3.79. The molecule has 0 unspecified atom stereocenters. The van der Waals surface area contributed by atoms with Crippen LogP contribution < -0.4 is 0 Å². The van der Waals surface area contributed by atoms with Gasteiger partial charge in [0.1, 0.15) is 0 Å². The van der Waals surface area contributed by atoms with E-state index in [0.29, 0.717) is 0 Å². The molecule has 0 saturated carbocycles. The molecule has 4 heteroatoms. The molecule has 0 atom stereocenters. The Hall–Kier alpha value is -0.640. The third kappa shape index (κ3) is 1.46. The number of cyclic esters (lactones) is 2. The van der Waals surface area contributed by atoms with Gasteiger partial charge in [-0.1, -0.05) is 0 Å². The summed E-state index contributed by atoms with van der Waals surface area (Å²) in [5.41, 5.74) is 0. The summed E-state index contributed by atoms with van der Waals surface area (Å²) >= 11 is 0. The molecule has 44 valence electrons. The predicted octanol–water partition coefficient (Wildman–Crippen LogP) is 0.204. The van der Waals surface area contributed by atoms with Gasteiger partial charge in [-0.3, -0.25) is 0 Å². The average Bonchev–Trinajstić information content (AvgIpc) is 1.87. The molecule has 0 aliphatic carbocycles. The maximum absolute atomic E-state index is 9.92. The van der Waals surface area contributed by atoms with Crippen LogP contribution in [0.5, 0.6) is 0 Å². The quantitative estimate of drug-likeness (QED) is 0.394. The maximum Gasteiger partial charge on any atom is 0.338 e. The third-order valence-electron chi connectivity index (χ3n) is 0.557. The summed E-state index contributed by atoms with van der Waals surface area (Å²) in [5.74, 6) is -1.16. The summed E-state index contributed by atoms with van der Waals surface area (Å²) in [6.45, 7) is 0. The van der Waals surface area contributed by atoms with Crippen molar-refractivity contribution in [1.29, 1.82) is 0 Å². The van der Waals surface area contributed by atoms with E-state index in [1.165, 1.54) is 0 Å². The van der Waals surface area contributed by atoms with Gasteiger partial charge in [0.15, 0.2) is 0 Å². The van der Waals surface area contributed by atoms with Crippen molar-refractivity contribution in [3.8, 4) is 0 Å². The van der Waals surface area contributed by atoms with Crippen molar-refractivity contribution < 1.29 is 14.3 Å². The SMILES string of the molecule is Br.O=C1C=CC(=O)O1. The number of hydrogen-bond acceptors (Lipinski definition) is 3. The van der Waals surface area contributed by atoms with Crippen molar-refractivity contribution in [3.05, 3.63) is 12.2 Å². The van der Waals surface area contributed by atoms with Gasteiger partial charge in [0, 0.05) is 12.2 Å². The van der Waals surface area contributed by atoms with E-state index >= 15 is 0 Å². The van der Waals surface area contributed by atoms with Crippen LogP contribution in [0.4, 0.5) is 0 Å². The maximum atomic E-state index is 9.92. The van der Waals surface area contributed by atoms with Crippen LogP contribution in [0, 0.1) is 0 Å². The molecule has 0 aromatic rings. The lowest BCUT2D eigenvalue weighted by Crippen LogP contribution is -1.96. The van der Waals surface area contributed by atoms with E-state index in [9.17, 15) is 9.59 Å². The van der Waals surface area contributed by atoms with Crippen LogP contribution in [0.2, 0.25) is 0 Å². The lowest BCUT2D eigenvalue weighted by atomic mass is 10.6. The van der Waals surface area contributed by atoms with E-state index in [0.717, 1.165) is 12.2 Å². The monoisotopic (exact) mass is 178 g/mol. The Labute approximate surface area is 56.1 Å². The largest absolute Gasteiger partial charge is 0.387 e. The molecular formula is C4H3BrO3. The molecular weight excluding hydrogens is 176 g/mol. The first-order chi connectivity index (χ1) is 3.29. The second kappa shape index (κ2) is 2.61. The van der Waals surface area contributed by atoms with Gasteiger partial charge in [0.25, 0.3) is 0 Å². The van der Waals surface area contributed by atoms with Crippen LogP contribution in [-0.2, 0) is 14.3 Å². The van der Waals surface area contributed by atoms with Crippen molar-refractivity contribution in [1.82, 2.24) is 0 Å². The Balaban J connectivity index is 0.000000490. The fourth-order valence-corrected chi connectivity index (χ4v) is 0.303. The first-order valence-corrected chi connectivity index (χ1v) is 1.73. The molecule has 1 heterocycles. The molecule has 0 fully saturated rings. The summed E-state index contributed by atoms with van der Waals surface area (Å²) in [5, 5.41) is 0. The molecule has 0 amide bonds. The van der Waals surface area contributed by atoms with E-state index in [4.69, 9.17) is 0 Å². The zero-order chi connectivity index (χ0) is 5.28. The Morgan fingerprint density at radius 2 is 1.50 bits per heavy atom. The molecule has 0 radical (unpaired) electrons.